The predicted molar refractivity (Wildman–Crippen MR) is 80.0 cm³/mol. The first-order chi connectivity index (χ1) is 9.76. The van der Waals surface area contributed by atoms with Crippen LogP contribution in [-0.4, -0.2) is 27.8 Å². The Hall–Kier alpha value is -1.89. The Labute approximate surface area is 126 Å². The molecule has 1 aromatic heterocycles. The van der Waals surface area contributed by atoms with Crippen LogP contribution in [0, 0.1) is 0 Å². The highest BCUT2D eigenvalue weighted by Crippen LogP contribution is 2.35. The molecule has 114 valence electrons. The molecular formula is C14H18N2O4S. The fraction of sp³-hybridized carbons (Fsp3) is 0.500. The number of rotatable bonds is 3. The second-order valence-electron chi connectivity index (χ2n) is 5.77. The van der Waals surface area contributed by atoms with Gasteiger partial charge in [-0.25, -0.2) is 14.6 Å². The lowest BCUT2D eigenvalue weighted by atomic mass is 10.1. The van der Waals surface area contributed by atoms with E-state index >= 15 is 0 Å². The lowest BCUT2D eigenvalue weighted by Gasteiger charge is -2.19. The van der Waals surface area contributed by atoms with E-state index in [0.717, 1.165) is 12.8 Å². The molecule has 7 heteroatoms. The second kappa shape index (κ2) is 5.85. The highest BCUT2D eigenvalue weighted by Gasteiger charge is 2.25. The van der Waals surface area contributed by atoms with Crippen molar-refractivity contribution in [1.82, 2.24) is 4.98 Å². The van der Waals surface area contributed by atoms with Crippen LogP contribution in [0.5, 0.6) is 0 Å². The van der Waals surface area contributed by atoms with Crippen molar-refractivity contribution in [3.63, 3.8) is 0 Å². The Bertz CT molecular complexity index is 586. The zero-order chi connectivity index (χ0) is 15.6. The number of ether oxygens (including phenoxy) is 1. The van der Waals surface area contributed by atoms with Gasteiger partial charge < -0.3 is 9.84 Å². The summed E-state index contributed by atoms with van der Waals surface area (Å²) in [6.45, 7) is 5.23. The second-order valence-corrected chi connectivity index (χ2v) is 6.80. The van der Waals surface area contributed by atoms with E-state index < -0.39 is 17.7 Å². The average Bonchev–Trinajstić information content (AvgIpc) is 2.93. The number of carbonyl (C=O) groups excluding carboxylic acids is 1. The van der Waals surface area contributed by atoms with Gasteiger partial charge in [-0.05, 0) is 33.6 Å². The minimum absolute atomic E-state index is 0.127. The Kier molecular flexibility index (Phi) is 4.32. The third kappa shape index (κ3) is 4.04. The number of hydrogen-bond acceptors (Lipinski definition) is 5. The number of carboxylic acid groups (broad SMARTS) is 1. The van der Waals surface area contributed by atoms with Gasteiger partial charge in [-0.1, -0.05) is 23.5 Å². The van der Waals surface area contributed by atoms with Gasteiger partial charge in [-0.3, -0.25) is 5.32 Å². The highest BCUT2D eigenvalue weighted by molar-refractivity contribution is 7.16. The fourth-order valence-electron chi connectivity index (χ4n) is 1.96. The maximum atomic E-state index is 11.8. The van der Waals surface area contributed by atoms with Crippen LogP contribution in [0.15, 0.2) is 12.2 Å². The number of nitrogens with zero attached hydrogens (tertiary/aromatic N) is 1. The molecule has 1 aliphatic carbocycles. The molecule has 1 aromatic rings. The standard InChI is InChI=1S/C14H18N2O4S/c1-14(2,3)20-13(19)16-11-9(12(17)18)15-10(21-11)8-6-4-5-7-8/h4,6,8H,5,7H2,1-3H3,(H,16,19)(H,17,18). The summed E-state index contributed by atoms with van der Waals surface area (Å²) in [5, 5.41) is 12.6. The lowest BCUT2D eigenvalue weighted by molar-refractivity contribution is 0.0636. The minimum Gasteiger partial charge on any atom is -0.476 e. The number of aromatic nitrogens is 1. The molecule has 1 unspecified atom stereocenters. The number of carboxylic acids is 1. The van der Waals surface area contributed by atoms with Crippen molar-refractivity contribution in [2.75, 3.05) is 5.32 Å². The van der Waals surface area contributed by atoms with Crippen LogP contribution < -0.4 is 5.32 Å². The molecule has 0 saturated carbocycles. The van der Waals surface area contributed by atoms with Gasteiger partial charge in [-0.2, -0.15) is 0 Å². The molecule has 1 amide bonds. The number of nitrogens with one attached hydrogen (secondary N) is 1. The Morgan fingerprint density at radius 2 is 2.19 bits per heavy atom. The summed E-state index contributed by atoms with van der Waals surface area (Å²) in [7, 11) is 0. The molecule has 6 nitrogen and oxygen atoms in total. The molecule has 0 saturated heterocycles. The molecule has 21 heavy (non-hydrogen) atoms. The normalized spacial score (nSPS) is 17.8. The molecule has 0 bridgehead atoms. The fourth-order valence-corrected chi connectivity index (χ4v) is 3.02. The van der Waals surface area contributed by atoms with Gasteiger partial charge in [0, 0.05) is 5.92 Å². The highest BCUT2D eigenvalue weighted by atomic mass is 32.1. The van der Waals surface area contributed by atoms with Gasteiger partial charge in [0.05, 0.1) is 0 Å². The van der Waals surface area contributed by atoms with Crippen LogP contribution in [0.25, 0.3) is 0 Å². The van der Waals surface area contributed by atoms with E-state index in [1.807, 2.05) is 12.2 Å². The molecule has 0 spiro atoms. The number of carbonyl (C=O) groups is 2. The summed E-state index contributed by atoms with van der Waals surface area (Å²) in [4.78, 5) is 27.2. The molecule has 2 rings (SSSR count). The van der Waals surface area contributed by atoms with E-state index in [4.69, 9.17) is 4.74 Å². The number of hydrogen-bond donors (Lipinski definition) is 2. The van der Waals surface area contributed by atoms with Gasteiger partial charge in [-0.15, -0.1) is 0 Å². The maximum absolute atomic E-state index is 11.8. The third-order valence-corrected chi connectivity index (χ3v) is 3.89. The van der Waals surface area contributed by atoms with Crippen molar-refractivity contribution >= 4 is 28.4 Å². The van der Waals surface area contributed by atoms with Crippen molar-refractivity contribution in [1.29, 1.82) is 0 Å². The quantitative estimate of drug-likeness (QED) is 0.832. The van der Waals surface area contributed by atoms with E-state index in [1.165, 1.54) is 11.3 Å². The van der Waals surface area contributed by atoms with Crippen LogP contribution in [0.2, 0.25) is 0 Å². The average molecular weight is 310 g/mol. The Morgan fingerprint density at radius 1 is 1.48 bits per heavy atom. The molecule has 0 fully saturated rings. The summed E-state index contributed by atoms with van der Waals surface area (Å²) < 4.78 is 5.13. The summed E-state index contributed by atoms with van der Waals surface area (Å²) in [5.41, 5.74) is -0.781. The van der Waals surface area contributed by atoms with Crippen molar-refractivity contribution in [3.8, 4) is 0 Å². The topological polar surface area (TPSA) is 88.5 Å². The molecule has 0 radical (unpaired) electrons. The zero-order valence-electron chi connectivity index (χ0n) is 12.2. The first kappa shape index (κ1) is 15.5. The number of allylic oxidation sites excluding steroid dienone is 2. The summed E-state index contributed by atoms with van der Waals surface area (Å²) in [6.07, 6.45) is 5.26. The van der Waals surface area contributed by atoms with Crippen LogP contribution in [0.4, 0.5) is 9.80 Å². The maximum Gasteiger partial charge on any atom is 0.412 e. The predicted octanol–water partition coefficient (Wildman–Crippen LogP) is 3.62. The van der Waals surface area contributed by atoms with E-state index in [2.05, 4.69) is 10.3 Å². The number of thiazole rings is 1. The van der Waals surface area contributed by atoms with Crippen LogP contribution in [0.1, 0.15) is 55.0 Å². The smallest absolute Gasteiger partial charge is 0.412 e. The monoisotopic (exact) mass is 310 g/mol. The van der Waals surface area contributed by atoms with Crippen molar-refractivity contribution in [3.05, 3.63) is 22.9 Å². The molecule has 2 N–H and O–H groups in total. The SMILES string of the molecule is CC(C)(C)OC(=O)Nc1sc(C2C=CCC2)nc1C(=O)O. The van der Waals surface area contributed by atoms with Gasteiger partial charge in [0.2, 0.25) is 0 Å². The summed E-state index contributed by atoms with van der Waals surface area (Å²) in [6, 6.07) is 0. The summed E-state index contributed by atoms with van der Waals surface area (Å²) >= 11 is 1.18. The van der Waals surface area contributed by atoms with Gasteiger partial charge in [0.25, 0.3) is 0 Å². The summed E-state index contributed by atoms with van der Waals surface area (Å²) in [5.74, 6) is -1.03. The Morgan fingerprint density at radius 3 is 2.71 bits per heavy atom. The van der Waals surface area contributed by atoms with Crippen molar-refractivity contribution < 1.29 is 19.4 Å². The van der Waals surface area contributed by atoms with Crippen LogP contribution in [-0.2, 0) is 4.74 Å². The molecule has 1 heterocycles. The lowest BCUT2D eigenvalue weighted by Crippen LogP contribution is -2.27. The van der Waals surface area contributed by atoms with Gasteiger partial charge >= 0.3 is 12.1 Å². The van der Waals surface area contributed by atoms with E-state index in [0.29, 0.717) is 5.01 Å². The molecule has 1 atom stereocenters. The van der Waals surface area contributed by atoms with Gasteiger partial charge in [0.15, 0.2) is 5.69 Å². The zero-order valence-corrected chi connectivity index (χ0v) is 13.0. The van der Waals surface area contributed by atoms with E-state index in [-0.39, 0.29) is 16.6 Å². The number of anilines is 1. The molecule has 0 aromatic carbocycles. The minimum atomic E-state index is -1.16. The van der Waals surface area contributed by atoms with Crippen molar-refractivity contribution in [2.45, 2.75) is 45.1 Å². The number of amides is 1. The Balaban J connectivity index is 2.19. The van der Waals surface area contributed by atoms with E-state index in [9.17, 15) is 14.7 Å². The first-order valence-corrected chi connectivity index (χ1v) is 7.48. The van der Waals surface area contributed by atoms with Gasteiger partial charge in [0.1, 0.15) is 15.6 Å². The first-order valence-electron chi connectivity index (χ1n) is 6.67. The molecule has 1 aliphatic rings. The van der Waals surface area contributed by atoms with Crippen LogP contribution >= 0.6 is 11.3 Å². The van der Waals surface area contributed by atoms with Crippen LogP contribution in [0.3, 0.4) is 0 Å². The molecule has 0 aliphatic heterocycles. The van der Waals surface area contributed by atoms with Crippen molar-refractivity contribution in [2.24, 2.45) is 0 Å². The largest absolute Gasteiger partial charge is 0.476 e. The number of aromatic carboxylic acids is 1. The molecular weight excluding hydrogens is 292 g/mol. The van der Waals surface area contributed by atoms with E-state index in [1.54, 1.807) is 20.8 Å². The third-order valence-electron chi connectivity index (χ3n) is 2.79.